The van der Waals surface area contributed by atoms with Crippen LogP contribution in [0.4, 0.5) is 0 Å². The second kappa shape index (κ2) is 9.21. The van der Waals surface area contributed by atoms with Gasteiger partial charge in [-0.05, 0) is 48.1 Å². The number of rotatable bonds is 2. The minimum atomic E-state index is 0. The van der Waals surface area contributed by atoms with E-state index in [9.17, 15) is 0 Å². The van der Waals surface area contributed by atoms with Crippen molar-refractivity contribution >= 4 is 0 Å². The van der Waals surface area contributed by atoms with Crippen molar-refractivity contribution in [1.29, 1.82) is 0 Å². The highest BCUT2D eigenvalue weighted by molar-refractivity contribution is 5.27. The minimum absolute atomic E-state index is 0. The molecule has 1 aliphatic carbocycles. The van der Waals surface area contributed by atoms with E-state index < -0.39 is 0 Å². The lowest BCUT2D eigenvalue weighted by Crippen LogP contribution is -2.10. The zero-order valence-electron chi connectivity index (χ0n) is 13.7. The van der Waals surface area contributed by atoms with E-state index in [4.69, 9.17) is 0 Å². The molecule has 0 aliphatic heterocycles. The van der Waals surface area contributed by atoms with E-state index >= 15 is 0 Å². The van der Waals surface area contributed by atoms with Crippen molar-refractivity contribution in [2.45, 2.75) is 74.1 Å². The van der Waals surface area contributed by atoms with Gasteiger partial charge in [0.25, 0.3) is 0 Å². The molecule has 2 rings (SSSR count). The van der Waals surface area contributed by atoms with Crippen LogP contribution in [-0.2, 0) is 0 Å². The summed E-state index contributed by atoms with van der Waals surface area (Å²) < 4.78 is 0. The van der Waals surface area contributed by atoms with Gasteiger partial charge >= 0.3 is 0 Å². The number of hydrogen-bond donors (Lipinski definition) is 0. The fourth-order valence-corrected chi connectivity index (χ4v) is 3.40. The van der Waals surface area contributed by atoms with Crippen molar-refractivity contribution in [1.82, 2.24) is 0 Å². The van der Waals surface area contributed by atoms with E-state index in [1.54, 1.807) is 0 Å². The third-order valence-corrected chi connectivity index (χ3v) is 4.59. The predicted octanol–water partition coefficient (Wildman–Crippen LogP) is 6.83. The molecule has 1 aromatic carbocycles. The van der Waals surface area contributed by atoms with Gasteiger partial charge in [-0.15, -0.1) is 0 Å². The summed E-state index contributed by atoms with van der Waals surface area (Å²) in [5, 5.41) is 0. The largest absolute Gasteiger partial charge is 0.0776 e. The SMILES string of the molecule is C.CC(C)C1CCCC1C.Cc1ccccc1C(C)C. The van der Waals surface area contributed by atoms with Gasteiger partial charge in [-0.1, -0.05) is 79.2 Å². The lowest BCUT2D eigenvalue weighted by atomic mass is 9.87. The van der Waals surface area contributed by atoms with Crippen molar-refractivity contribution in [3.05, 3.63) is 35.4 Å². The lowest BCUT2D eigenvalue weighted by Gasteiger charge is -2.18. The van der Waals surface area contributed by atoms with Gasteiger partial charge in [0, 0.05) is 0 Å². The summed E-state index contributed by atoms with van der Waals surface area (Å²) in [6, 6.07) is 8.54. The quantitative estimate of drug-likeness (QED) is 0.555. The number of benzene rings is 1. The van der Waals surface area contributed by atoms with Crippen molar-refractivity contribution in [3.63, 3.8) is 0 Å². The average Bonchev–Trinajstić information content (AvgIpc) is 2.76. The van der Waals surface area contributed by atoms with Crippen LogP contribution in [0.5, 0.6) is 0 Å². The zero-order chi connectivity index (χ0) is 14.4. The molecule has 0 saturated heterocycles. The second-order valence-corrected chi connectivity index (χ2v) is 6.83. The number of hydrogen-bond acceptors (Lipinski definition) is 0. The molecule has 1 fully saturated rings. The van der Waals surface area contributed by atoms with Crippen LogP contribution in [0.3, 0.4) is 0 Å². The monoisotopic (exact) mass is 276 g/mol. The third-order valence-electron chi connectivity index (χ3n) is 4.59. The molecule has 0 heterocycles. The fourth-order valence-electron chi connectivity index (χ4n) is 3.40. The minimum Gasteiger partial charge on any atom is -0.0776 e. The van der Waals surface area contributed by atoms with E-state index in [0.717, 1.165) is 17.8 Å². The molecule has 1 saturated carbocycles. The Hall–Kier alpha value is -0.780. The molecule has 1 aliphatic rings. The molecule has 1 aromatic rings. The molecule has 0 N–H and O–H groups in total. The molecular weight excluding hydrogens is 240 g/mol. The molecule has 0 heteroatoms. The molecule has 116 valence electrons. The van der Waals surface area contributed by atoms with Crippen LogP contribution in [-0.4, -0.2) is 0 Å². The molecule has 0 nitrogen and oxygen atoms in total. The third kappa shape index (κ3) is 5.69. The van der Waals surface area contributed by atoms with E-state index in [-0.39, 0.29) is 7.43 Å². The Bertz CT molecular complexity index is 362. The Morgan fingerprint density at radius 1 is 1.00 bits per heavy atom. The van der Waals surface area contributed by atoms with Crippen LogP contribution in [0.1, 0.15) is 78.4 Å². The van der Waals surface area contributed by atoms with Crippen molar-refractivity contribution in [2.24, 2.45) is 17.8 Å². The predicted molar refractivity (Wildman–Crippen MR) is 93.3 cm³/mol. The first-order chi connectivity index (χ1) is 8.93. The molecule has 0 aromatic heterocycles. The Kier molecular flexibility index (Phi) is 8.85. The average molecular weight is 277 g/mol. The normalized spacial score (nSPS) is 21.4. The Morgan fingerprint density at radius 2 is 1.60 bits per heavy atom. The fraction of sp³-hybridized carbons (Fsp3) is 0.700. The first kappa shape index (κ1) is 19.2. The zero-order valence-corrected chi connectivity index (χ0v) is 13.7. The van der Waals surface area contributed by atoms with Gasteiger partial charge in [0.2, 0.25) is 0 Å². The van der Waals surface area contributed by atoms with Gasteiger partial charge in [-0.3, -0.25) is 0 Å². The smallest absolute Gasteiger partial charge is 0.0216 e. The summed E-state index contributed by atoms with van der Waals surface area (Å²) in [5.74, 6) is 3.61. The molecular formula is C20H36. The Balaban J connectivity index is 0.000000345. The van der Waals surface area contributed by atoms with Crippen LogP contribution in [0.25, 0.3) is 0 Å². The van der Waals surface area contributed by atoms with Crippen LogP contribution in [0.2, 0.25) is 0 Å². The molecule has 20 heavy (non-hydrogen) atoms. The summed E-state index contributed by atoms with van der Waals surface area (Å²) in [5.41, 5.74) is 2.86. The number of aryl methyl sites for hydroxylation is 1. The highest BCUT2D eigenvalue weighted by Gasteiger charge is 2.25. The van der Waals surface area contributed by atoms with Crippen molar-refractivity contribution in [3.8, 4) is 0 Å². The maximum absolute atomic E-state index is 2.40. The standard InChI is InChI=1S/C10H14.C9H18.CH4/c1-8(2)10-7-5-4-6-9(10)3;1-7(2)9-6-4-5-8(9)3;/h4-8H,1-3H3;7-9H,4-6H2,1-3H3;1H4. The first-order valence-electron chi connectivity index (χ1n) is 7.99. The molecule has 0 bridgehead atoms. The maximum atomic E-state index is 2.40. The molecule has 2 atom stereocenters. The van der Waals surface area contributed by atoms with Gasteiger partial charge in [-0.2, -0.15) is 0 Å². The van der Waals surface area contributed by atoms with Crippen molar-refractivity contribution < 1.29 is 0 Å². The summed E-state index contributed by atoms with van der Waals surface area (Å²) in [6.45, 7) is 13.7. The van der Waals surface area contributed by atoms with E-state index in [2.05, 4.69) is 65.8 Å². The van der Waals surface area contributed by atoms with Gasteiger partial charge < -0.3 is 0 Å². The van der Waals surface area contributed by atoms with Gasteiger partial charge in [0.1, 0.15) is 0 Å². The van der Waals surface area contributed by atoms with E-state index in [0.29, 0.717) is 5.92 Å². The van der Waals surface area contributed by atoms with Gasteiger partial charge in [0.15, 0.2) is 0 Å². The first-order valence-corrected chi connectivity index (χ1v) is 7.99. The molecule has 0 spiro atoms. The Morgan fingerprint density at radius 3 is 1.90 bits per heavy atom. The Labute approximate surface area is 128 Å². The highest BCUT2D eigenvalue weighted by Crippen LogP contribution is 2.35. The summed E-state index contributed by atoms with van der Waals surface area (Å²) >= 11 is 0. The van der Waals surface area contributed by atoms with E-state index in [1.807, 2.05) is 0 Å². The van der Waals surface area contributed by atoms with Crippen LogP contribution in [0.15, 0.2) is 24.3 Å². The molecule has 2 unspecified atom stereocenters. The molecule has 0 radical (unpaired) electrons. The van der Waals surface area contributed by atoms with Crippen molar-refractivity contribution in [2.75, 3.05) is 0 Å². The summed E-state index contributed by atoms with van der Waals surface area (Å²) in [7, 11) is 0. The topological polar surface area (TPSA) is 0 Å². The summed E-state index contributed by atoms with van der Waals surface area (Å²) in [4.78, 5) is 0. The van der Waals surface area contributed by atoms with Crippen LogP contribution in [0, 0.1) is 24.7 Å². The lowest BCUT2D eigenvalue weighted by molar-refractivity contribution is 0.314. The van der Waals surface area contributed by atoms with E-state index in [1.165, 1.54) is 30.4 Å². The van der Waals surface area contributed by atoms with Gasteiger partial charge in [0.05, 0.1) is 0 Å². The van der Waals surface area contributed by atoms with Gasteiger partial charge in [-0.25, -0.2) is 0 Å². The summed E-state index contributed by atoms with van der Waals surface area (Å²) in [6.07, 6.45) is 4.44. The van der Waals surface area contributed by atoms with Crippen LogP contribution >= 0.6 is 0 Å². The highest BCUT2D eigenvalue weighted by atomic mass is 14.3. The maximum Gasteiger partial charge on any atom is -0.0216 e. The second-order valence-electron chi connectivity index (χ2n) is 6.83. The molecule has 0 amide bonds. The van der Waals surface area contributed by atoms with Crippen LogP contribution < -0.4 is 0 Å².